The fraction of sp³-hybridized carbons (Fsp3) is 0.889. The van der Waals surface area contributed by atoms with Gasteiger partial charge in [-0.1, -0.05) is 13.8 Å². The highest BCUT2D eigenvalue weighted by Gasteiger charge is 2.26. The fourth-order valence-electron chi connectivity index (χ4n) is 0.644. The van der Waals surface area contributed by atoms with Gasteiger partial charge in [-0.15, -0.1) is 0 Å². The molecular formula is C9H18FNO2. The van der Waals surface area contributed by atoms with Crippen molar-refractivity contribution >= 4 is 5.91 Å². The van der Waals surface area contributed by atoms with Crippen molar-refractivity contribution in [2.45, 2.75) is 39.5 Å². The smallest absolute Gasteiger partial charge is 0.222 e. The molecule has 0 saturated carbocycles. The van der Waals surface area contributed by atoms with Crippen molar-refractivity contribution in [3.8, 4) is 0 Å². The van der Waals surface area contributed by atoms with Crippen molar-refractivity contribution in [3.63, 3.8) is 0 Å². The van der Waals surface area contributed by atoms with Gasteiger partial charge in [-0.2, -0.15) is 0 Å². The van der Waals surface area contributed by atoms with E-state index in [-0.39, 0.29) is 18.4 Å². The van der Waals surface area contributed by atoms with Crippen LogP contribution in [0.1, 0.15) is 27.7 Å². The SMILES string of the molecule is CC(C)C(=O)NC[C@H](F)C(C)(C)O. The topological polar surface area (TPSA) is 49.3 Å². The summed E-state index contributed by atoms with van der Waals surface area (Å²) in [7, 11) is 0. The number of rotatable bonds is 4. The summed E-state index contributed by atoms with van der Waals surface area (Å²) < 4.78 is 13.1. The van der Waals surface area contributed by atoms with Gasteiger partial charge < -0.3 is 10.4 Å². The molecule has 0 spiro atoms. The first-order chi connectivity index (χ1) is 5.75. The molecule has 0 radical (unpaired) electrons. The van der Waals surface area contributed by atoms with E-state index >= 15 is 0 Å². The maximum absolute atomic E-state index is 13.1. The van der Waals surface area contributed by atoms with Crippen LogP contribution in [-0.4, -0.2) is 29.3 Å². The lowest BCUT2D eigenvalue weighted by atomic mass is 10.0. The molecule has 0 heterocycles. The van der Waals surface area contributed by atoms with E-state index in [1.807, 2.05) is 0 Å². The first-order valence-corrected chi connectivity index (χ1v) is 4.39. The quantitative estimate of drug-likeness (QED) is 0.692. The monoisotopic (exact) mass is 191 g/mol. The summed E-state index contributed by atoms with van der Waals surface area (Å²) in [6.07, 6.45) is -1.43. The zero-order valence-electron chi connectivity index (χ0n) is 8.60. The van der Waals surface area contributed by atoms with E-state index < -0.39 is 11.8 Å². The number of halogens is 1. The number of hydrogen-bond donors (Lipinski definition) is 2. The molecule has 13 heavy (non-hydrogen) atoms. The molecule has 4 heteroatoms. The van der Waals surface area contributed by atoms with Gasteiger partial charge in [0.25, 0.3) is 0 Å². The van der Waals surface area contributed by atoms with Crippen LogP contribution < -0.4 is 5.32 Å². The Balaban J connectivity index is 3.84. The van der Waals surface area contributed by atoms with Gasteiger partial charge >= 0.3 is 0 Å². The lowest BCUT2D eigenvalue weighted by Crippen LogP contribution is -2.43. The Morgan fingerprint density at radius 3 is 2.31 bits per heavy atom. The van der Waals surface area contributed by atoms with Crippen molar-refractivity contribution in [2.75, 3.05) is 6.54 Å². The molecule has 0 aliphatic rings. The Labute approximate surface area is 78.3 Å². The first-order valence-electron chi connectivity index (χ1n) is 4.39. The fourth-order valence-corrected chi connectivity index (χ4v) is 0.644. The van der Waals surface area contributed by atoms with Crippen molar-refractivity contribution in [1.29, 1.82) is 0 Å². The van der Waals surface area contributed by atoms with Gasteiger partial charge in [0.2, 0.25) is 5.91 Å². The summed E-state index contributed by atoms with van der Waals surface area (Å²) in [6, 6.07) is 0. The minimum Gasteiger partial charge on any atom is -0.387 e. The van der Waals surface area contributed by atoms with Crippen LogP contribution in [0.3, 0.4) is 0 Å². The van der Waals surface area contributed by atoms with E-state index in [2.05, 4.69) is 5.32 Å². The number of hydrogen-bond acceptors (Lipinski definition) is 2. The average molecular weight is 191 g/mol. The predicted octanol–water partition coefficient (Wildman–Crippen LogP) is 0.868. The molecule has 0 bridgehead atoms. The maximum atomic E-state index is 13.1. The second-order valence-corrected chi connectivity index (χ2v) is 4.02. The third-order valence-electron chi connectivity index (χ3n) is 1.75. The summed E-state index contributed by atoms with van der Waals surface area (Å²) >= 11 is 0. The Morgan fingerprint density at radius 2 is 2.00 bits per heavy atom. The van der Waals surface area contributed by atoms with Gasteiger partial charge in [-0.05, 0) is 13.8 Å². The Kier molecular flexibility index (Phi) is 4.33. The molecule has 0 rings (SSSR count). The van der Waals surface area contributed by atoms with Crippen molar-refractivity contribution in [1.82, 2.24) is 5.32 Å². The minimum atomic E-state index is -1.43. The van der Waals surface area contributed by atoms with Gasteiger partial charge in [0.1, 0.15) is 6.17 Å². The Hall–Kier alpha value is -0.640. The van der Waals surface area contributed by atoms with Crippen LogP contribution in [0, 0.1) is 5.92 Å². The predicted molar refractivity (Wildman–Crippen MR) is 49.0 cm³/mol. The highest BCUT2D eigenvalue weighted by atomic mass is 19.1. The Morgan fingerprint density at radius 1 is 1.54 bits per heavy atom. The van der Waals surface area contributed by atoms with Crippen LogP contribution in [0.2, 0.25) is 0 Å². The van der Waals surface area contributed by atoms with Crippen LogP contribution in [0.25, 0.3) is 0 Å². The van der Waals surface area contributed by atoms with E-state index in [1.165, 1.54) is 13.8 Å². The van der Waals surface area contributed by atoms with Gasteiger partial charge in [-0.25, -0.2) is 4.39 Å². The number of aliphatic hydroxyl groups is 1. The van der Waals surface area contributed by atoms with E-state index in [0.717, 1.165) is 0 Å². The molecule has 0 unspecified atom stereocenters. The normalized spacial score (nSPS) is 14.4. The van der Waals surface area contributed by atoms with E-state index in [0.29, 0.717) is 0 Å². The minimum absolute atomic E-state index is 0.138. The third-order valence-corrected chi connectivity index (χ3v) is 1.75. The van der Waals surface area contributed by atoms with Crippen molar-refractivity contribution in [3.05, 3.63) is 0 Å². The summed E-state index contributed by atoms with van der Waals surface area (Å²) in [5.74, 6) is -0.360. The molecule has 0 fully saturated rings. The van der Waals surface area contributed by atoms with Gasteiger partial charge in [-0.3, -0.25) is 4.79 Å². The molecule has 2 N–H and O–H groups in total. The molecule has 0 aromatic heterocycles. The second kappa shape index (κ2) is 4.56. The number of amides is 1. The molecule has 0 aliphatic heterocycles. The first kappa shape index (κ1) is 12.4. The Bertz CT molecular complexity index is 175. The molecule has 0 aromatic carbocycles. The zero-order chi connectivity index (χ0) is 10.6. The summed E-state index contributed by atoms with van der Waals surface area (Å²) in [4.78, 5) is 11.0. The van der Waals surface area contributed by atoms with Crippen LogP contribution in [-0.2, 0) is 4.79 Å². The highest BCUT2D eigenvalue weighted by Crippen LogP contribution is 2.11. The molecule has 0 saturated heterocycles. The van der Waals surface area contributed by atoms with Crippen molar-refractivity contribution in [2.24, 2.45) is 5.92 Å². The van der Waals surface area contributed by atoms with E-state index in [9.17, 15) is 14.3 Å². The average Bonchev–Trinajstić information content (AvgIpc) is 1.97. The standard InChI is InChI=1S/C9H18FNO2/c1-6(2)8(12)11-5-7(10)9(3,4)13/h6-7,13H,5H2,1-4H3,(H,11,12)/t7-/m0/s1. The lowest BCUT2D eigenvalue weighted by Gasteiger charge is -2.22. The zero-order valence-corrected chi connectivity index (χ0v) is 8.60. The summed E-state index contributed by atoms with van der Waals surface area (Å²) in [6.45, 7) is 6.07. The van der Waals surface area contributed by atoms with Gasteiger partial charge in [0.15, 0.2) is 0 Å². The van der Waals surface area contributed by atoms with E-state index in [1.54, 1.807) is 13.8 Å². The van der Waals surface area contributed by atoms with Crippen LogP contribution in [0.15, 0.2) is 0 Å². The molecular weight excluding hydrogens is 173 g/mol. The molecule has 1 atom stereocenters. The molecule has 0 aliphatic carbocycles. The maximum Gasteiger partial charge on any atom is 0.222 e. The van der Waals surface area contributed by atoms with Crippen LogP contribution >= 0.6 is 0 Å². The number of alkyl halides is 1. The number of carbonyl (C=O) groups excluding carboxylic acids is 1. The van der Waals surface area contributed by atoms with Crippen LogP contribution in [0.5, 0.6) is 0 Å². The molecule has 78 valence electrons. The van der Waals surface area contributed by atoms with Crippen molar-refractivity contribution < 1.29 is 14.3 Å². The summed E-state index contributed by atoms with van der Waals surface area (Å²) in [5, 5.41) is 11.6. The number of carbonyl (C=O) groups is 1. The third kappa shape index (κ3) is 4.83. The second-order valence-electron chi connectivity index (χ2n) is 4.02. The highest BCUT2D eigenvalue weighted by molar-refractivity contribution is 5.77. The van der Waals surface area contributed by atoms with E-state index in [4.69, 9.17) is 0 Å². The molecule has 3 nitrogen and oxygen atoms in total. The largest absolute Gasteiger partial charge is 0.387 e. The molecule has 0 aromatic rings. The van der Waals surface area contributed by atoms with Gasteiger partial charge in [0, 0.05) is 5.92 Å². The van der Waals surface area contributed by atoms with Gasteiger partial charge in [0.05, 0.1) is 12.1 Å². The molecule has 1 amide bonds. The number of nitrogens with one attached hydrogen (secondary N) is 1. The summed E-state index contributed by atoms with van der Waals surface area (Å²) in [5.41, 5.74) is -1.40. The lowest BCUT2D eigenvalue weighted by molar-refractivity contribution is -0.124. The van der Waals surface area contributed by atoms with Crippen LogP contribution in [0.4, 0.5) is 4.39 Å².